The molecule has 0 atom stereocenters. The molecule has 2 heteroatoms. The molecule has 0 heterocycles. The summed E-state index contributed by atoms with van der Waals surface area (Å²) in [5, 5.41) is 19.5. The first-order valence-corrected chi connectivity index (χ1v) is 8.04. The molecule has 0 radical (unpaired) electrons. The zero-order valence-electron chi connectivity index (χ0n) is 13.4. The first-order valence-electron chi connectivity index (χ1n) is 8.04. The van der Waals surface area contributed by atoms with Crippen molar-refractivity contribution in [2.75, 3.05) is 6.61 Å². The minimum Gasteiger partial charge on any atom is -0.508 e. The van der Waals surface area contributed by atoms with Crippen LogP contribution >= 0.6 is 0 Å². The summed E-state index contributed by atoms with van der Waals surface area (Å²) in [7, 11) is 0. The second-order valence-corrected chi connectivity index (χ2v) is 5.61. The van der Waals surface area contributed by atoms with Gasteiger partial charge >= 0.3 is 0 Å². The van der Waals surface area contributed by atoms with Gasteiger partial charge < -0.3 is 10.2 Å². The zero-order valence-corrected chi connectivity index (χ0v) is 13.4. The van der Waals surface area contributed by atoms with Crippen molar-refractivity contribution in [2.24, 2.45) is 0 Å². The second-order valence-electron chi connectivity index (χ2n) is 5.61. The smallest absolute Gasteiger partial charge is 0.116 e. The summed E-state index contributed by atoms with van der Waals surface area (Å²) in [5.74, 6) is 0.234. The van der Waals surface area contributed by atoms with E-state index in [0.717, 1.165) is 27.8 Å². The fourth-order valence-corrected chi connectivity index (χ4v) is 2.95. The monoisotopic (exact) mass is 316 g/mol. The van der Waals surface area contributed by atoms with Gasteiger partial charge in [0.05, 0.1) is 0 Å². The summed E-state index contributed by atoms with van der Waals surface area (Å²) in [5.41, 5.74) is 5.18. The Kier molecular flexibility index (Phi) is 5.09. The van der Waals surface area contributed by atoms with E-state index in [0.29, 0.717) is 6.42 Å². The summed E-state index contributed by atoms with van der Waals surface area (Å²) in [6.07, 6.45) is 0.546. The molecule has 0 saturated heterocycles. The quantitative estimate of drug-likeness (QED) is 0.668. The summed E-state index contributed by atoms with van der Waals surface area (Å²) < 4.78 is 0. The Labute approximate surface area is 142 Å². The molecule has 120 valence electrons. The SMILES string of the molecule is OCCC(=C(c1ccccc1)c1cccc(O)c1)c1ccccc1. The Balaban J connectivity index is 2.29. The molecule has 0 unspecified atom stereocenters. The van der Waals surface area contributed by atoms with Crippen molar-refractivity contribution in [3.63, 3.8) is 0 Å². The third-order valence-corrected chi connectivity index (χ3v) is 3.98. The summed E-state index contributed by atoms with van der Waals surface area (Å²) in [6, 6.07) is 27.4. The first-order chi connectivity index (χ1) is 11.8. The van der Waals surface area contributed by atoms with Gasteiger partial charge in [0.2, 0.25) is 0 Å². The fourth-order valence-electron chi connectivity index (χ4n) is 2.95. The molecule has 0 aromatic heterocycles. The Morgan fingerprint density at radius 2 is 1.25 bits per heavy atom. The van der Waals surface area contributed by atoms with Gasteiger partial charge in [-0.05, 0) is 46.4 Å². The molecule has 3 aromatic rings. The molecule has 0 aliphatic heterocycles. The Morgan fingerprint density at radius 1 is 0.667 bits per heavy atom. The van der Waals surface area contributed by atoms with E-state index in [-0.39, 0.29) is 12.4 Å². The lowest BCUT2D eigenvalue weighted by atomic mass is 9.88. The molecule has 0 amide bonds. The van der Waals surface area contributed by atoms with E-state index in [2.05, 4.69) is 24.3 Å². The molecule has 0 spiro atoms. The molecule has 3 aromatic carbocycles. The van der Waals surface area contributed by atoms with Crippen molar-refractivity contribution in [2.45, 2.75) is 6.42 Å². The van der Waals surface area contributed by atoms with Gasteiger partial charge in [0.1, 0.15) is 5.75 Å². The number of phenols is 1. The highest BCUT2D eigenvalue weighted by Gasteiger charge is 2.14. The summed E-state index contributed by atoms with van der Waals surface area (Å²) >= 11 is 0. The van der Waals surface area contributed by atoms with Crippen LogP contribution in [-0.4, -0.2) is 16.8 Å². The minimum absolute atomic E-state index is 0.0688. The van der Waals surface area contributed by atoms with Crippen molar-refractivity contribution in [1.29, 1.82) is 0 Å². The molecule has 0 fully saturated rings. The van der Waals surface area contributed by atoms with E-state index < -0.39 is 0 Å². The molecule has 0 bridgehead atoms. The van der Waals surface area contributed by atoms with Crippen molar-refractivity contribution < 1.29 is 10.2 Å². The normalized spacial score (nSPS) is 11.9. The van der Waals surface area contributed by atoms with Crippen LogP contribution in [0.4, 0.5) is 0 Å². The van der Waals surface area contributed by atoms with Crippen LogP contribution in [0.2, 0.25) is 0 Å². The number of hydrogen-bond donors (Lipinski definition) is 2. The molecule has 24 heavy (non-hydrogen) atoms. The minimum atomic E-state index is 0.0688. The number of hydrogen-bond acceptors (Lipinski definition) is 2. The van der Waals surface area contributed by atoms with Gasteiger partial charge in [-0.1, -0.05) is 72.8 Å². The second kappa shape index (κ2) is 7.62. The maximum Gasteiger partial charge on any atom is 0.116 e. The van der Waals surface area contributed by atoms with Crippen molar-refractivity contribution in [3.8, 4) is 5.75 Å². The van der Waals surface area contributed by atoms with Crippen molar-refractivity contribution in [1.82, 2.24) is 0 Å². The highest BCUT2D eigenvalue weighted by molar-refractivity contribution is 5.98. The van der Waals surface area contributed by atoms with Gasteiger partial charge in [-0.25, -0.2) is 0 Å². The van der Waals surface area contributed by atoms with Crippen LogP contribution in [0, 0.1) is 0 Å². The van der Waals surface area contributed by atoms with Gasteiger partial charge in [0, 0.05) is 6.61 Å². The predicted molar refractivity (Wildman–Crippen MR) is 98.6 cm³/mol. The number of rotatable bonds is 5. The van der Waals surface area contributed by atoms with Crippen LogP contribution in [-0.2, 0) is 0 Å². The van der Waals surface area contributed by atoms with Crippen molar-refractivity contribution in [3.05, 3.63) is 102 Å². The summed E-state index contributed by atoms with van der Waals surface area (Å²) in [4.78, 5) is 0. The highest BCUT2D eigenvalue weighted by Crippen LogP contribution is 2.35. The fraction of sp³-hybridized carbons (Fsp3) is 0.0909. The number of aliphatic hydroxyl groups is 1. The maximum atomic E-state index is 9.92. The number of benzene rings is 3. The molecular weight excluding hydrogens is 296 g/mol. The van der Waals surface area contributed by atoms with Gasteiger partial charge in [-0.3, -0.25) is 0 Å². The van der Waals surface area contributed by atoms with Gasteiger partial charge in [0.15, 0.2) is 0 Å². The van der Waals surface area contributed by atoms with Crippen LogP contribution in [0.25, 0.3) is 11.1 Å². The van der Waals surface area contributed by atoms with E-state index in [1.54, 1.807) is 12.1 Å². The Bertz CT molecular complexity index is 821. The zero-order chi connectivity index (χ0) is 16.8. The molecule has 0 aliphatic rings. The van der Waals surface area contributed by atoms with E-state index in [1.807, 2.05) is 48.5 Å². The van der Waals surface area contributed by atoms with Crippen LogP contribution in [0.15, 0.2) is 84.9 Å². The van der Waals surface area contributed by atoms with E-state index in [4.69, 9.17) is 0 Å². The van der Waals surface area contributed by atoms with E-state index >= 15 is 0 Å². The van der Waals surface area contributed by atoms with E-state index in [9.17, 15) is 10.2 Å². The topological polar surface area (TPSA) is 40.5 Å². The summed E-state index contributed by atoms with van der Waals surface area (Å²) in [6.45, 7) is 0.0688. The van der Waals surface area contributed by atoms with E-state index in [1.165, 1.54) is 0 Å². The largest absolute Gasteiger partial charge is 0.508 e. The van der Waals surface area contributed by atoms with Gasteiger partial charge in [-0.2, -0.15) is 0 Å². The molecular formula is C22H20O2. The lowest BCUT2D eigenvalue weighted by molar-refractivity contribution is 0.305. The third kappa shape index (κ3) is 3.55. The lowest BCUT2D eigenvalue weighted by Gasteiger charge is -2.17. The number of phenolic OH excluding ortho intramolecular Hbond substituents is 1. The van der Waals surface area contributed by atoms with Crippen LogP contribution < -0.4 is 0 Å². The Hall–Kier alpha value is -2.84. The third-order valence-electron chi connectivity index (χ3n) is 3.98. The number of aromatic hydroxyl groups is 1. The first kappa shape index (κ1) is 16.0. The molecule has 3 rings (SSSR count). The standard InChI is InChI=1S/C22H20O2/c23-15-14-21(17-8-3-1-4-9-17)22(18-10-5-2-6-11-18)19-12-7-13-20(24)16-19/h1-13,16,23-24H,14-15H2. The molecule has 2 nitrogen and oxygen atoms in total. The number of aliphatic hydroxyl groups excluding tert-OH is 1. The molecule has 2 N–H and O–H groups in total. The van der Waals surface area contributed by atoms with Crippen LogP contribution in [0.5, 0.6) is 5.75 Å². The average Bonchev–Trinajstić information content (AvgIpc) is 2.63. The predicted octanol–water partition coefficient (Wildman–Crippen LogP) is 4.73. The average molecular weight is 316 g/mol. The Morgan fingerprint density at radius 3 is 1.83 bits per heavy atom. The van der Waals surface area contributed by atoms with Crippen molar-refractivity contribution >= 4 is 11.1 Å². The maximum absolute atomic E-state index is 9.92. The molecule has 0 saturated carbocycles. The van der Waals surface area contributed by atoms with Crippen LogP contribution in [0.3, 0.4) is 0 Å². The highest BCUT2D eigenvalue weighted by atomic mass is 16.3. The van der Waals surface area contributed by atoms with Gasteiger partial charge in [0.25, 0.3) is 0 Å². The van der Waals surface area contributed by atoms with Gasteiger partial charge in [-0.15, -0.1) is 0 Å². The van der Waals surface area contributed by atoms with Crippen LogP contribution in [0.1, 0.15) is 23.1 Å². The lowest BCUT2D eigenvalue weighted by Crippen LogP contribution is -1.97. The molecule has 0 aliphatic carbocycles.